The van der Waals surface area contributed by atoms with Gasteiger partial charge in [-0.2, -0.15) is 0 Å². The van der Waals surface area contributed by atoms with Gasteiger partial charge < -0.3 is 15.5 Å². The standard InChI is InChI=1S/C10H21N3O/c1-8-5-13(9(14)12(8)4)7-10(2,3)6-11/h8H,5-7,11H2,1-4H3. The number of nitrogens with two attached hydrogens (primary N) is 1. The molecule has 0 saturated carbocycles. The summed E-state index contributed by atoms with van der Waals surface area (Å²) in [6.07, 6.45) is 0. The number of carbonyl (C=O) groups is 1. The van der Waals surface area contributed by atoms with Gasteiger partial charge in [0.1, 0.15) is 0 Å². The fourth-order valence-corrected chi connectivity index (χ4v) is 1.64. The molecule has 1 aliphatic heterocycles. The fraction of sp³-hybridized carbons (Fsp3) is 0.900. The Bertz CT molecular complexity index is 227. The number of carbonyl (C=O) groups excluding carboxylic acids is 1. The molecule has 1 rings (SSSR count). The normalized spacial score (nSPS) is 23.5. The van der Waals surface area contributed by atoms with Crippen molar-refractivity contribution in [2.75, 3.05) is 26.7 Å². The van der Waals surface area contributed by atoms with Crippen molar-refractivity contribution < 1.29 is 4.79 Å². The molecule has 0 aromatic heterocycles. The first-order valence-electron chi connectivity index (χ1n) is 5.09. The molecule has 0 spiro atoms. The molecule has 2 N–H and O–H groups in total. The van der Waals surface area contributed by atoms with Crippen LogP contribution in [0.4, 0.5) is 4.79 Å². The van der Waals surface area contributed by atoms with E-state index in [2.05, 4.69) is 20.8 Å². The highest BCUT2D eigenvalue weighted by molar-refractivity contribution is 5.76. The minimum Gasteiger partial charge on any atom is -0.330 e. The zero-order chi connectivity index (χ0) is 10.9. The maximum atomic E-state index is 11.7. The van der Waals surface area contributed by atoms with Crippen LogP contribution in [0.15, 0.2) is 0 Å². The van der Waals surface area contributed by atoms with Gasteiger partial charge in [-0.15, -0.1) is 0 Å². The highest BCUT2D eigenvalue weighted by Crippen LogP contribution is 2.20. The SMILES string of the molecule is CC1CN(CC(C)(C)CN)C(=O)N1C. The Hall–Kier alpha value is -0.770. The molecule has 1 saturated heterocycles. The first kappa shape index (κ1) is 11.3. The molecule has 1 heterocycles. The van der Waals surface area contributed by atoms with E-state index >= 15 is 0 Å². The van der Waals surface area contributed by atoms with Crippen molar-refractivity contribution >= 4 is 6.03 Å². The minimum atomic E-state index is 0.0144. The maximum absolute atomic E-state index is 11.7. The van der Waals surface area contributed by atoms with Crippen LogP contribution < -0.4 is 5.73 Å². The lowest BCUT2D eigenvalue weighted by molar-refractivity contribution is 0.177. The molecule has 4 nitrogen and oxygen atoms in total. The van der Waals surface area contributed by atoms with Crippen molar-refractivity contribution in [2.24, 2.45) is 11.1 Å². The average Bonchev–Trinajstić information content (AvgIpc) is 2.33. The lowest BCUT2D eigenvalue weighted by Crippen LogP contribution is -2.40. The summed E-state index contributed by atoms with van der Waals surface area (Å²) < 4.78 is 0. The van der Waals surface area contributed by atoms with Gasteiger partial charge in [0, 0.05) is 26.2 Å². The van der Waals surface area contributed by atoms with Crippen molar-refractivity contribution in [3.63, 3.8) is 0 Å². The lowest BCUT2D eigenvalue weighted by atomic mass is 9.93. The van der Waals surface area contributed by atoms with Crippen molar-refractivity contribution in [2.45, 2.75) is 26.8 Å². The van der Waals surface area contributed by atoms with Crippen LogP contribution in [0.25, 0.3) is 0 Å². The predicted octanol–water partition coefficient (Wildman–Crippen LogP) is 0.727. The fourth-order valence-electron chi connectivity index (χ4n) is 1.64. The molecule has 0 aliphatic carbocycles. The Morgan fingerprint density at radius 3 is 2.50 bits per heavy atom. The van der Waals surface area contributed by atoms with Gasteiger partial charge >= 0.3 is 6.03 Å². The van der Waals surface area contributed by atoms with E-state index in [0.29, 0.717) is 12.6 Å². The maximum Gasteiger partial charge on any atom is 0.320 e. The Balaban J connectivity index is 2.60. The number of hydrogen-bond donors (Lipinski definition) is 1. The van der Waals surface area contributed by atoms with Crippen LogP contribution in [0, 0.1) is 5.41 Å². The van der Waals surface area contributed by atoms with Crippen LogP contribution in [0.2, 0.25) is 0 Å². The lowest BCUT2D eigenvalue weighted by Gasteiger charge is -2.28. The smallest absolute Gasteiger partial charge is 0.320 e. The van der Waals surface area contributed by atoms with E-state index in [4.69, 9.17) is 5.73 Å². The van der Waals surface area contributed by atoms with Crippen molar-refractivity contribution in [1.82, 2.24) is 9.80 Å². The highest BCUT2D eigenvalue weighted by Gasteiger charge is 2.34. The van der Waals surface area contributed by atoms with E-state index in [1.165, 1.54) is 0 Å². The minimum absolute atomic E-state index is 0.0144. The largest absolute Gasteiger partial charge is 0.330 e. The van der Waals surface area contributed by atoms with Gasteiger partial charge in [-0.05, 0) is 18.9 Å². The second kappa shape index (κ2) is 3.77. The number of rotatable bonds is 3. The van der Waals surface area contributed by atoms with Gasteiger partial charge in [-0.1, -0.05) is 13.8 Å². The van der Waals surface area contributed by atoms with Crippen LogP contribution in [-0.4, -0.2) is 48.6 Å². The number of amides is 2. The molecule has 1 fully saturated rings. The molecule has 0 aromatic carbocycles. The molecular formula is C10H21N3O. The molecule has 14 heavy (non-hydrogen) atoms. The quantitative estimate of drug-likeness (QED) is 0.728. The second-order valence-corrected chi connectivity index (χ2v) is 4.99. The zero-order valence-corrected chi connectivity index (χ0v) is 9.58. The number of likely N-dealkylation sites (N-methyl/N-ethyl adjacent to an activating group) is 1. The van der Waals surface area contributed by atoms with E-state index in [1.807, 2.05) is 11.9 Å². The molecule has 1 aliphatic rings. The summed E-state index contributed by atoms with van der Waals surface area (Å²) in [6, 6.07) is 0.440. The van der Waals surface area contributed by atoms with Gasteiger partial charge in [0.05, 0.1) is 0 Å². The third-order valence-corrected chi connectivity index (χ3v) is 2.89. The Kier molecular flexibility index (Phi) is 3.04. The number of nitrogens with zero attached hydrogens (tertiary/aromatic N) is 2. The molecule has 82 valence electrons. The van der Waals surface area contributed by atoms with E-state index in [9.17, 15) is 4.79 Å². The summed E-state index contributed by atoms with van der Waals surface area (Å²) in [5.41, 5.74) is 5.66. The van der Waals surface area contributed by atoms with E-state index < -0.39 is 0 Å². The third-order valence-electron chi connectivity index (χ3n) is 2.89. The molecule has 4 heteroatoms. The second-order valence-electron chi connectivity index (χ2n) is 4.99. The van der Waals surface area contributed by atoms with Gasteiger partial charge in [0.2, 0.25) is 0 Å². The first-order chi connectivity index (χ1) is 6.37. The molecule has 1 unspecified atom stereocenters. The van der Waals surface area contributed by atoms with Crippen LogP contribution in [0.1, 0.15) is 20.8 Å². The van der Waals surface area contributed by atoms with Crippen molar-refractivity contribution in [1.29, 1.82) is 0 Å². The Labute approximate surface area is 86.0 Å². The summed E-state index contributed by atoms with van der Waals surface area (Å²) in [5.74, 6) is 0. The topological polar surface area (TPSA) is 49.6 Å². The summed E-state index contributed by atoms with van der Waals surface area (Å²) in [7, 11) is 1.85. The molecule has 0 aromatic rings. The zero-order valence-electron chi connectivity index (χ0n) is 9.58. The number of urea groups is 1. The van der Waals surface area contributed by atoms with Gasteiger partial charge in [-0.3, -0.25) is 0 Å². The summed E-state index contributed by atoms with van der Waals surface area (Å²) >= 11 is 0. The average molecular weight is 199 g/mol. The van der Waals surface area contributed by atoms with E-state index in [-0.39, 0.29) is 11.4 Å². The van der Waals surface area contributed by atoms with Crippen molar-refractivity contribution in [3.05, 3.63) is 0 Å². The monoisotopic (exact) mass is 199 g/mol. The van der Waals surface area contributed by atoms with Crippen LogP contribution in [0.3, 0.4) is 0 Å². The Morgan fingerprint density at radius 2 is 2.14 bits per heavy atom. The Morgan fingerprint density at radius 1 is 1.57 bits per heavy atom. The van der Waals surface area contributed by atoms with Gasteiger partial charge in [0.15, 0.2) is 0 Å². The third kappa shape index (κ3) is 2.18. The first-order valence-corrected chi connectivity index (χ1v) is 5.09. The van der Waals surface area contributed by atoms with E-state index in [0.717, 1.165) is 13.1 Å². The van der Waals surface area contributed by atoms with Crippen LogP contribution >= 0.6 is 0 Å². The molecule has 0 radical (unpaired) electrons. The summed E-state index contributed by atoms with van der Waals surface area (Å²) in [5, 5.41) is 0. The molecule has 1 atom stereocenters. The van der Waals surface area contributed by atoms with Gasteiger partial charge in [0.25, 0.3) is 0 Å². The predicted molar refractivity (Wildman–Crippen MR) is 57.0 cm³/mol. The van der Waals surface area contributed by atoms with Crippen molar-refractivity contribution in [3.8, 4) is 0 Å². The number of hydrogen-bond acceptors (Lipinski definition) is 2. The van der Waals surface area contributed by atoms with Crippen LogP contribution in [-0.2, 0) is 0 Å². The molecule has 2 amide bonds. The molecular weight excluding hydrogens is 178 g/mol. The van der Waals surface area contributed by atoms with E-state index in [1.54, 1.807) is 4.90 Å². The summed E-state index contributed by atoms with van der Waals surface area (Å²) in [6.45, 7) is 8.41. The van der Waals surface area contributed by atoms with Gasteiger partial charge in [-0.25, -0.2) is 4.79 Å². The van der Waals surface area contributed by atoms with Crippen LogP contribution in [0.5, 0.6) is 0 Å². The summed E-state index contributed by atoms with van der Waals surface area (Å²) in [4.78, 5) is 15.4. The molecule has 0 bridgehead atoms. The highest BCUT2D eigenvalue weighted by atomic mass is 16.2.